The summed E-state index contributed by atoms with van der Waals surface area (Å²) >= 11 is 1.72. The zero-order valence-electron chi connectivity index (χ0n) is 13.8. The first-order valence-corrected chi connectivity index (χ1v) is 8.56. The van der Waals surface area contributed by atoms with Gasteiger partial charge in [-0.15, -0.1) is 11.3 Å². The van der Waals surface area contributed by atoms with Crippen molar-refractivity contribution < 1.29 is 9.84 Å². The summed E-state index contributed by atoms with van der Waals surface area (Å²) in [6.07, 6.45) is 0. The lowest BCUT2D eigenvalue weighted by Gasteiger charge is -2.34. The second-order valence-electron chi connectivity index (χ2n) is 6.19. The summed E-state index contributed by atoms with van der Waals surface area (Å²) in [5.74, 6) is 5.91. The van der Waals surface area contributed by atoms with Gasteiger partial charge in [0.1, 0.15) is 5.60 Å². The topological polar surface area (TPSA) is 35.9 Å². The van der Waals surface area contributed by atoms with E-state index in [1.165, 1.54) is 4.88 Å². The van der Waals surface area contributed by atoms with Gasteiger partial charge < -0.3 is 9.84 Å². The highest BCUT2D eigenvalue weighted by molar-refractivity contribution is 7.12. The van der Waals surface area contributed by atoms with Gasteiger partial charge in [-0.05, 0) is 26.0 Å². The minimum Gasteiger partial charge on any atom is -0.383 e. The predicted octanol–water partition coefficient (Wildman–Crippen LogP) is 1.63. The minimum absolute atomic E-state index is 0.814. The van der Waals surface area contributed by atoms with Gasteiger partial charge in [0.2, 0.25) is 0 Å². The zero-order valence-corrected chi connectivity index (χ0v) is 14.6. The molecular formula is C17H26N2O2S. The number of nitrogens with zero attached hydrogens (tertiary/aromatic N) is 2. The van der Waals surface area contributed by atoms with Crippen molar-refractivity contribution in [1.29, 1.82) is 0 Å². The second-order valence-corrected chi connectivity index (χ2v) is 7.35. The summed E-state index contributed by atoms with van der Waals surface area (Å²) < 4.78 is 5.13. The third-order valence-electron chi connectivity index (χ3n) is 3.61. The minimum atomic E-state index is -0.928. The van der Waals surface area contributed by atoms with Crippen molar-refractivity contribution in [3.8, 4) is 11.8 Å². The molecule has 2 heterocycles. The summed E-state index contributed by atoms with van der Waals surface area (Å²) in [7, 11) is 1.76. The van der Waals surface area contributed by atoms with Crippen LogP contribution in [0.15, 0.2) is 12.1 Å². The third kappa shape index (κ3) is 6.07. The Morgan fingerprint density at radius 1 is 1.23 bits per heavy atom. The molecule has 0 amide bonds. The lowest BCUT2D eigenvalue weighted by Crippen LogP contribution is -2.46. The molecule has 0 aliphatic carbocycles. The van der Waals surface area contributed by atoms with E-state index in [1.807, 2.05) is 6.07 Å². The zero-order chi connectivity index (χ0) is 16.0. The number of thiophene rings is 1. The molecule has 1 fully saturated rings. The van der Waals surface area contributed by atoms with Gasteiger partial charge >= 0.3 is 0 Å². The molecule has 1 saturated heterocycles. The first kappa shape index (κ1) is 17.5. The lowest BCUT2D eigenvalue weighted by atomic mass is 10.1. The van der Waals surface area contributed by atoms with Crippen LogP contribution in [0.5, 0.6) is 0 Å². The van der Waals surface area contributed by atoms with Crippen LogP contribution in [0.2, 0.25) is 0 Å². The fourth-order valence-corrected chi connectivity index (χ4v) is 3.26. The normalized spacial score (nSPS) is 17.3. The molecular weight excluding hydrogens is 296 g/mol. The number of ether oxygens (including phenoxy) is 1. The SMILES string of the molecule is COCCN1CCN(Cc2ccc(C#CC(C)(C)O)s2)CC1. The molecule has 5 heteroatoms. The van der Waals surface area contributed by atoms with E-state index in [0.717, 1.165) is 50.8 Å². The Bertz CT molecular complexity index is 517. The summed E-state index contributed by atoms with van der Waals surface area (Å²) in [6.45, 7) is 10.7. The van der Waals surface area contributed by atoms with Crippen LogP contribution in [-0.4, -0.2) is 66.9 Å². The smallest absolute Gasteiger partial charge is 0.120 e. The Hall–Kier alpha value is -0.900. The average Bonchev–Trinajstić information content (AvgIpc) is 2.91. The van der Waals surface area contributed by atoms with Crippen LogP contribution >= 0.6 is 11.3 Å². The summed E-state index contributed by atoms with van der Waals surface area (Å²) in [5, 5.41) is 9.64. The molecule has 22 heavy (non-hydrogen) atoms. The Labute approximate surface area is 137 Å². The van der Waals surface area contributed by atoms with E-state index in [0.29, 0.717) is 0 Å². The van der Waals surface area contributed by atoms with Crippen molar-refractivity contribution in [3.63, 3.8) is 0 Å². The highest BCUT2D eigenvalue weighted by Crippen LogP contribution is 2.18. The Balaban J connectivity index is 1.80. The summed E-state index contributed by atoms with van der Waals surface area (Å²) in [5.41, 5.74) is -0.928. The number of methoxy groups -OCH3 is 1. The number of aliphatic hydroxyl groups is 1. The Morgan fingerprint density at radius 3 is 2.55 bits per heavy atom. The first-order chi connectivity index (χ1) is 10.5. The van der Waals surface area contributed by atoms with Crippen LogP contribution in [0.4, 0.5) is 0 Å². The van der Waals surface area contributed by atoms with Crippen LogP contribution in [0.1, 0.15) is 23.6 Å². The molecule has 1 aliphatic heterocycles. The van der Waals surface area contributed by atoms with Crippen LogP contribution in [0.3, 0.4) is 0 Å². The van der Waals surface area contributed by atoms with Crippen LogP contribution in [-0.2, 0) is 11.3 Å². The fraction of sp³-hybridized carbons (Fsp3) is 0.647. The molecule has 4 nitrogen and oxygen atoms in total. The van der Waals surface area contributed by atoms with Gasteiger partial charge in [-0.25, -0.2) is 0 Å². The Morgan fingerprint density at radius 2 is 1.91 bits per heavy atom. The van der Waals surface area contributed by atoms with E-state index < -0.39 is 5.60 Å². The van der Waals surface area contributed by atoms with Crippen molar-refractivity contribution in [2.45, 2.75) is 26.0 Å². The molecule has 0 saturated carbocycles. The van der Waals surface area contributed by atoms with Crippen molar-refractivity contribution in [3.05, 3.63) is 21.9 Å². The predicted molar refractivity (Wildman–Crippen MR) is 91.1 cm³/mol. The summed E-state index contributed by atoms with van der Waals surface area (Å²) in [6, 6.07) is 4.20. The molecule has 0 radical (unpaired) electrons. The highest BCUT2D eigenvalue weighted by Gasteiger charge is 2.17. The average molecular weight is 322 g/mol. The largest absolute Gasteiger partial charge is 0.383 e. The number of hydrogen-bond donors (Lipinski definition) is 1. The number of hydrogen-bond acceptors (Lipinski definition) is 5. The lowest BCUT2D eigenvalue weighted by molar-refractivity contribution is 0.0943. The molecule has 2 rings (SSSR count). The molecule has 1 aromatic heterocycles. The van der Waals surface area contributed by atoms with Crippen molar-refractivity contribution >= 4 is 11.3 Å². The van der Waals surface area contributed by atoms with E-state index in [9.17, 15) is 5.11 Å². The molecule has 1 aromatic rings. The quantitative estimate of drug-likeness (QED) is 0.836. The monoisotopic (exact) mass is 322 g/mol. The molecule has 1 N–H and O–H groups in total. The van der Waals surface area contributed by atoms with Gasteiger partial charge in [-0.1, -0.05) is 11.8 Å². The van der Waals surface area contributed by atoms with Crippen LogP contribution in [0.25, 0.3) is 0 Å². The molecule has 122 valence electrons. The number of piperazine rings is 1. The van der Waals surface area contributed by atoms with Gasteiger partial charge in [-0.2, -0.15) is 0 Å². The first-order valence-electron chi connectivity index (χ1n) is 7.74. The van der Waals surface area contributed by atoms with E-state index in [1.54, 1.807) is 32.3 Å². The van der Waals surface area contributed by atoms with Gasteiger partial charge in [0.15, 0.2) is 0 Å². The fourth-order valence-electron chi connectivity index (χ4n) is 2.36. The van der Waals surface area contributed by atoms with Gasteiger partial charge in [-0.3, -0.25) is 9.80 Å². The van der Waals surface area contributed by atoms with Crippen molar-refractivity contribution in [1.82, 2.24) is 9.80 Å². The maximum Gasteiger partial charge on any atom is 0.120 e. The molecule has 0 bridgehead atoms. The maximum absolute atomic E-state index is 9.64. The highest BCUT2D eigenvalue weighted by atomic mass is 32.1. The van der Waals surface area contributed by atoms with Crippen molar-refractivity contribution in [2.24, 2.45) is 0 Å². The van der Waals surface area contributed by atoms with Gasteiger partial charge in [0, 0.05) is 51.3 Å². The van der Waals surface area contributed by atoms with E-state index in [4.69, 9.17) is 4.74 Å². The van der Waals surface area contributed by atoms with E-state index >= 15 is 0 Å². The standard InChI is InChI=1S/C17H26N2O2S/c1-17(2,20)7-6-15-4-5-16(22-15)14-19-10-8-18(9-11-19)12-13-21-3/h4-5,20H,8-14H2,1-3H3. The van der Waals surface area contributed by atoms with Gasteiger partial charge in [0.25, 0.3) is 0 Å². The van der Waals surface area contributed by atoms with Crippen molar-refractivity contribution in [2.75, 3.05) is 46.4 Å². The van der Waals surface area contributed by atoms with Crippen LogP contribution in [0, 0.1) is 11.8 Å². The second kappa shape index (κ2) is 8.09. The Kier molecular flexibility index (Phi) is 6.42. The van der Waals surface area contributed by atoms with E-state index in [-0.39, 0.29) is 0 Å². The van der Waals surface area contributed by atoms with Gasteiger partial charge in [0.05, 0.1) is 11.5 Å². The number of rotatable bonds is 5. The molecule has 0 atom stereocenters. The summed E-state index contributed by atoms with van der Waals surface area (Å²) in [4.78, 5) is 7.30. The molecule has 0 spiro atoms. The maximum atomic E-state index is 9.64. The molecule has 0 unspecified atom stereocenters. The van der Waals surface area contributed by atoms with E-state index in [2.05, 4.69) is 27.7 Å². The molecule has 0 aromatic carbocycles. The van der Waals surface area contributed by atoms with Crippen LogP contribution < -0.4 is 0 Å². The third-order valence-corrected chi connectivity index (χ3v) is 4.59. The molecule has 1 aliphatic rings.